The van der Waals surface area contributed by atoms with Crippen LogP contribution in [0, 0.1) is 5.82 Å². The fourth-order valence-electron chi connectivity index (χ4n) is 2.40. The van der Waals surface area contributed by atoms with Crippen LogP contribution < -0.4 is 15.4 Å². The number of carbonyl (C=O) groups is 2. The van der Waals surface area contributed by atoms with Gasteiger partial charge in [0, 0.05) is 30.4 Å². The first-order valence-electron chi connectivity index (χ1n) is 8.78. The molecule has 0 saturated carbocycles. The summed E-state index contributed by atoms with van der Waals surface area (Å²) in [5.41, 5.74) is 0.841. The van der Waals surface area contributed by atoms with E-state index in [1.807, 2.05) is 0 Å². The molecule has 0 aliphatic heterocycles. The lowest BCUT2D eigenvalue weighted by Gasteiger charge is -2.10. The maximum absolute atomic E-state index is 14.3. The van der Waals surface area contributed by atoms with E-state index in [4.69, 9.17) is 21.1 Å². The van der Waals surface area contributed by atoms with Gasteiger partial charge < -0.3 is 14.8 Å². The molecule has 2 N–H and O–H groups in total. The number of nitrogens with zero attached hydrogens (tertiary/aromatic N) is 1. The second-order valence-corrected chi connectivity index (χ2v) is 6.46. The first-order valence-corrected chi connectivity index (χ1v) is 9.16. The number of anilines is 1. The van der Waals surface area contributed by atoms with Gasteiger partial charge in [0.1, 0.15) is 23.8 Å². The summed E-state index contributed by atoms with van der Waals surface area (Å²) in [7, 11) is 1.49. The summed E-state index contributed by atoms with van der Waals surface area (Å²) in [6.07, 6.45) is 0.602. The molecule has 0 unspecified atom stereocenters. The Morgan fingerprint density at radius 2 is 1.80 bits per heavy atom. The Morgan fingerprint density at radius 3 is 2.50 bits per heavy atom. The van der Waals surface area contributed by atoms with E-state index in [9.17, 15) is 14.0 Å². The van der Waals surface area contributed by atoms with Crippen molar-refractivity contribution in [3.8, 4) is 11.5 Å². The van der Waals surface area contributed by atoms with Crippen LogP contribution in [0.5, 0.6) is 11.5 Å². The molecule has 0 spiro atoms. The number of ether oxygens (including phenoxy) is 2. The van der Waals surface area contributed by atoms with Crippen molar-refractivity contribution in [2.75, 3.05) is 12.4 Å². The molecule has 0 aliphatic rings. The molecule has 0 aliphatic carbocycles. The fraction of sp³-hybridized carbons (Fsp3) is 0.0952. The molecule has 1 aromatic heterocycles. The molecule has 30 heavy (non-hydrogen) atoms. The van der Waals surface area contributed by atoms with Crippen LogP contribution in [0.4, 0.5) is 14.9 Å². The summed E-state index contributed by atoms with van der Waals surface area (Å²) in [6, 6.07) is 13.7. The molecule has 2 aromatic carbocycles. The van der Waals surface area contributed by atoms with Gasteiger partial charge in [0.15, 0.2) is 5.82 Å². The number of nitrogens with one attached hydrogen (secondary N) is 2. The minimum Gasteiger partial charge on any atom is -0.457 e. The molecular formula is C21H17ClFN3O4. The number of halogens is 2. The van der Waals surface area contributed by atoms with Crippen molar-refractivity contribution in [1.29, 1.82) is 0 Å². The first kappa shape index (κ1) is 21.1. The maximum Gasteiger partial charge on any atom is 0.412 e. The van der Waals surface area contributed by atoms with E-state index in [0.29, 0.717) is 10.8 Å². The van der Waals surface area contributed by atoms with Crippen LogP contribution >= 0.6 is 11.6 Å². The van der Waals surface area contributed by atoms with E-state index in [0.717, 1.165) is 11.6 Å². The van der Waals surface area contributed by atoms with E-state index in [-0.39, 0.29) is 29.6 Å². The lowest BCUT2D eigenvalue weighted by molar-refractivity contribution is 0.0957. The molecule has 2 amide bonds. The van der Waals surface area contributed by atoms with Gasteiger partial charge in [-0.15, -0.1) is 0 Å². The maximum atomic E-state index is 14.3. The molecule has 0 fully saturated rings. The molecule has 154 valence electrons. The molecule has 0 radical (unpaired) electrons. The lowest BCUT2D eigenvalue weighted by Crippen LogP contribution is -2.18. The third-order valence-corrected chi connectivity index (χ3v) is 4.14. The Hall–Kier alpha value is -3.65. The minimum absolute atomic E-state index is 0.0154. The normalized spacial score (nSPS) is 10.2. The Bertz CT molecular complexity index is 1060. The van der Waals surface area contributed by atoms with Crippen LogP contribution in [0.15, 0.2) is 60.8 Å². The summed E-state index contributed by atoms with van der Waals surface area (Å²) in [4.78, 5) is 27.5. The van der Waals surface area contributed by atoms with Crippen LogP contribution in [0.1, 0.15) is 16.1 Å². The van der Waals surface area contributed by atoms with Crippen molar-refractivity contribution in [2.24, 2.45) is 0 Å². The zero-order valence-corrected chi connectivity index (χ0v) is 16.6. The smallest absolute Gasteiger partial charge is 0.412 e. The van der Waals surface area contributed by atoms with Gasteiger partial charge in [-0.2, -0.15) is 0 Å². The van der Waals surface area contributed by atoms with E-state index >= 15 is 0 Å². The van der Waals surface area contributed by atoms with Crippen molar-refractivity contribution in [1.82, 2.24) is 10.3 Å². The van der Waals surface area contributed by atoms with Crippen LogP contribution in [0.2, 0.25) is 5.02 Å². The molecule has 1 heterocycles. The topological polar surface area (TPSA) is 89.6 Å². The van der Waals surface area contributed by atoms with E-state index in [2.05, 4.69) is 15.6 Å². The van der Waals surface area contributed by atoms with E-state index in [1.54, 1.807) is 24.3 Å². The van der Waals surface area contributed by atoms with E-state index < -0.39 is 11.9 Å². The highest BCUT2D eigenvalue weighted by Crippen LogP contribution is 2.26. The molecule has 7 nitrogen and oxygen atoms in total. The molecule has 3 aromatic rings. The number of pyridine rings is 1. The Morgan fingerprint density at radius 1 is 1.07 bits per heavy atom. The number of amides is 2. The van der Waals surface area contributed by atoms with Gasteiger partial charge in [-0.25, -0.2) is 9.18 Å². The predicted molar refractivity (Wildman–Crippen MR) is 109 cm³/mol. The van der Waals surface area contributed by atoms with Crippen LogP contribution in [0.25, 0.3) is 0 Å². The molecule has 0 bridgehead atoms. The third kappa shape index (κ3) is 5.68. The number of hydrogen-bond donors (Lipinski definition) is 2. The Labute approximate surface area is 176 Å². The van der Waals surface area contributed by atoms with Crippen molar-refractivity contribution < 1.29 is 23.5 Å². The van der Waals surface area contributed by atoms with Gasteiger partial charge >= 0.3 is 6.09 Å². The van der Waals surface area contributed by atoms with Gasteiger partial charge in [0.05, 0.1) is 5.69 Å². The standard InChI is InChI=1S/C21H17ClFN3O4/c1-24-20(27)19-11-16(8-9-25-19)30-15-6-7-18(17(23)10-15)26-21(28)29-12-13-2-4-14(22)5-3-13/h2-11H,12H2,1H3,(H,24,27)(H,26,28). The summed E-state index contributed by atoms with van der Waals surface area (Å²) < 4.78 is 25.0. The average Bonchev–Trinajstić information content (AvgIpc) is 2.75. The molecular weight excluding hydrogens is 413 g/mol. The quantitative estimate of drug-likeness (QED) is 0.588. The van der Waals surface area contributed by atoms with Gasteiger partial charge in [-0.3, -0.25) is 15.1 Å². The second kappa shape index (κ2) is 9.71. The number of hydrogen-bond acceptors (Lipinski definition) is 5. The molecule has 0 atom stereocenters. The summed E-state index contributed by atoms with van der Waals surface area (Å²) in [5, 5.41) is 5.36. The van der Waals surface area contributed by atoms with Crippen molar-refractivity contribution in [3.63, 3.8) is 0 Å². The Balaban J connectivity index is 1.60. The second-order valence-electron chi connectivity index (χ2n) is 6.03. The van der Waals surface area contributed by atoms with Crippen molar-refractivity contribution in [2.45, 2.75) is 6.61 Å². The largest absolute Gasteiger partial charge is 0.457 e. The van der Waals surface area contributed by atoms with Gasteiger partial charge in [0.2, 0.25) is 0 Å². The van der Waals surface area contributed by atoms with Gasteiger partial charge in [0.25, 0.3) is 5.91 Å². The highest BCUT2D eigenvalue weighted by molar-refractivity contribution is 6.30. The predicted octanol–water partition coefficient (Wildman–Crippen LogP) is 4.77. The van der Waals surface area contributed by atoms with Crippen molar-refractivity contribution in [3.05, 3.63) is 82.9 Å². The molecule has 9 heteroatoms. The average molecular weight is 430 g/mol. The minimum atomic E-state index is -0.804. The highest BCUT2D eigenvalue weighted by atomic mass is 35.5. The number of benzene rings is 2. The fourth-order valence-corrected chi connectivity index (χ4v) is 2.53. The third-order valence-electron chi connectivity index (χ3n) is 3.89. The molecule has 3 rings (SSSR count). The number of aromatic nitrogens is 1. The van der Waals surface area contributed by atoms with Crippen LogP contribution in [-0.4, -0.2) is 24.0 Å². The number of rotatable bonds is 6. The van der Waals surface area contributed by atoms with Crippen LogP contribution in [-0.2, 0) is 11.3 Å². The van der Waals surface area contributed by atoms with E-state index in [1.165, 1.54) is 37.5 Å². The summed E-state index contributed by atoms with van der Waals surface area (Å²) in [6.45, 7) is 0.0154. The Kier molecular flexibility index (Phi) is 6.82. The summed E-state index contributed by atoms with van der Waals surface area (Å²) in [5.74, 6) is -0.590. The van der Waals surface area contributed by atoms with Crippen molar-refractivity contribution >= 4 is 29.3 Å². The zero-order chi connectivity index (χ0) is 21.5. The van der Waals surface area contributed by atoms with Crippen LogP contribution in [0.3, 0.4) is 0 Å². The van der Waals surface area contributed by atoms with Gasteiger partial charge in [-0.05, 0) is 35.9 Å². The lowest BCUT2D eigenvalue weighted by atomic mass is 10.2. The van der Waals surface area contributed by atoms with Gasteiger partial charge in [-0.1, -0.05) is 23.7 Å². The first-order chi connectivity index (χ1) is 14.4. The highest BCUT2D eigenvalue weighted by Gasteiger charge is 2.11. The zero-order valence-electron chi connectivity index (χ0n) is 15.8. The summed E-state index contributed by atoms with van der Waals surface area (Å²) >= 11 is 5.80. The SMILES string of the molecule is CNC(=O)c1cc(Oc2ccc(NC(=O)OCc3ccc(Cl)cc3)c(F)c2)ccn1. The monoisotopic (exact) mass is 429 g/mol. The molecule has 0 saturated heterocycles. The number of carbonyl (C=O) groups excluding carboxylic acids is 2.